The summed E-state index contributed by atoms with van der Waals surface area (Å²) in [5, 5.41) is 6.25. The van der Waals surface area contributed by atoms with Crippen molar-refractivity contribution in [1.82, 2.24) is 10.6 Å². The Morgan fingerprint density at radius 3 is 2.74 bits per heavy atom. The zero-order valence-electron chi connectivity index (χ0n) is 11.0. The third-order valence-corrected chi connectivity index (χ3v) is 3.92. The van der Waals surface area contributed by atoms with Gasteiger partial charge in [-0.2, -0.15) is 0 Å². The van der Waals surface area contributed by atoms with Crippen LogP contribution in [0.25, 0.3) is 0 Å². The second-order valence-electron chi connectivity index (χ2n) is 4.68. The molecule has 1 aliphatic carbocycles. The maximum absolute atomic E-state index is 11.4. The SMILES string of the molecule is C=CCNC(=O)CSc1ccc(CNC2CC2)cc1. The molecule has 0 spiro atoms. The Labute approximate surface area is 118 Å². The molecule has 1 aliphatic rings. The van der Waals surface area contributed by atoms with Gasteiger partial charge in [-0.05, 0) is 30.5 Å². The van der Waals surface area contributed by atoms with E-state index in [0.717, 1.165) is 17.5 Å². The Bertz CT molecular complexity index is 426. The maximum Gasteiger partial charge on any atom is 0.230 e. The van der Waals surface area contributed by atoms with Crippen molar-refractivity contribution in [2.75, 3.05) is 12.3 Å². The summed E-state index contributed by atoms with van der Waals surface area (Å²) in [6, 6.07) is 9.14. The largest absolute Gasteiger partial charge is 0.352 e. The minimum absolute atomic E-state index is 0.0457. The minimum atomic E-state index is 0.0457. The highest BCUT2D eigenvalue weighted by atomic mass is 32.2. The molecule has 1 aromatic rings. The van der Waals surface area contributed by atoms with E-state index in [2.05, 4.69) is 41.5 Å². The van der Waals surface area contributed by atoms with Crippen LogP contribution < -0.4 is 10.6 Å². The normalized spacial score (nSPS) is 14.1. The summed E-state index contributed by atoms with van der Waals surface area (Å²) in [7, 11) is 0. The Balaban J connectivity index is 1.71. The van der Waals surface area contributed by atoms with Crippen LogP contribution in [-0.2, 0) is 11.3 Å². The fraction of sp³-hybridized carbons (Fsp3) is 0.400. The van der Waals surface area contributed by atoms with E-state index in [-0.39, 0.29) is 5.91 Å². The van der Waals surface area contributed by atoms with Crippen LogP contribution in [0.3, 0.4) is 0 Å². The summed E-state index contributed by atoms with van der Waals surface area (Å²) < 4.78 is 0. The molecule has 0 heterocycles. The summed E-state index contributed by atoms with van der Waals surface area (Å²) in [6.45, 7) is 5.04. The fourth-order valence-corrected chi connectivity index (χ4v) is 2.37. The van der Waals surface area contributed by atoms with Crippen LogP contribution >= 0.6 is 11.8 Å². The maximum atomic E-state index is 11.4. The zero-order chi connectivity index (χ0) is 13.5. The molecule has 0 aliphatic heterocycles. The van der Waals surface area contributed by atoms with Crippen molar-refractivity contribution in [2.45, 2.75) is 30.3 Å². The summed E-state index contributed by atoms with van der Waals surface area (Å²) in [6.07, 6.45) is 4.31. The van der Waals surface area contributed by atoms with E-state index in [0.29, 0.717) is 12.3 Å². The predicted molar refractivity (Wildman–Crippen MR) is 80.2 cm³/mol. The minimum Gasteiger partial charge on any atom is -0.352 e. The number of benzene rings is 1. The lowest BCUT2D eigenvalue weighted by atomic mass is 10.2. The summed E-state index contributed by atoms with van der Waals surface area (Å²) in [5.41, 5.74) is 1.30. The van der Waals surface area contributed by atoms with Crippen molar-refractivity contribution in [1.29, 1.82) is 0 Å². The van der Waals surface area contributed by atoms with Gasteiger partial charge in [-0.1, -0.05) is 18.2 Å². The molecule has 0 unspecified atom stereocenters. The monoisotopic (exact) mass is 276 g/mol. The molecule has 3 nitrogen and oxygen atoms in total. The number of carbonyl (C=O) groups is 1. The van der Waals surface area contributed by atoms with Gasteiger partial charge in [0.15, 0.2) is 0 Å². The Hall–Kier alpha value is -1.26. The van der Waals surface area contributed by atoms with Crippen molar-refractivity contribution in [3.8, 4) is 0 Å². The highest BCUT2D eigenvalue weighted by Crippen LogP contribution is 2.21. The second-order valence-corrected chi connectivity index (χ2v) is 5.73. The Morgan fingerprint density at radius 2 is 2.11 bits per heavy atom. The number of thioether (sulfide) groups is 1. The van der Waals surface area contributed by atoms with Gasteiger partial charge in [0.2, 0.25) is 5.91 Å². The lowest BCUT2D eigenvalue weighted by Gasteiger charge is -2.05. The molecule has 0 atom stereocenters. The van der Waals surface area contributed by atoms with Gasteiger partial charge in [-0.25, -0.2) is 0 Å². The van der Waals surface area contributed by atoms with Gasteiger partial charge in [0, 0.05) is 24.0 Å². The third kappa shape index (κ3) is 5.49. The lowest BCUT2D eigenvalue weighted by molar-refractivity contribution is -0.118. The Morgan fingerprint density at radius 1 is 1.37 bits per heavy atom. The molecule has 1 aromatic carbocycles. The number of carbonyl (C=O) groups excluding carboxylic acids is 1. The highest BCUT2D eigenvalue weighted by molar-refractivity contribution is 8.00. The summed E-state index contributed by atoms with van der Waals surface area (Å²) in [5.74, 6) is 0.498. The number of hydrogen-bond donors (Lipinski definition) is 2. The van der Waals surface area contributed by atoms with E-state index in [1.807, 2.05) is 0 Å². The zero-order valence-corrected chi connectivity index (χ0v) is 11.8. The van der Waals surface area contributed by atoms with Crippen LogP contribution in [0.1, 0.15) is 18.4 Å². The molecular weight excluding hydrogens is 256 g/mol. The van der Waals surface area contributed by atoms with E-state index in [1.165, 1.54) is 18.4 Å². The quantitative estimate of drug-likeness (QED) is 0.565. The first-order valence-corrected chi connectivity index (χ1v) is 7.59. The molecule has 1 saturated carbocycles. The van der Waals surface area contributed by atoms with Crippen LogP contribution in [0, 0.1) is 0 Å². The number of rotatable bonds is 8. The van der Waals surface area contributed by atoms with E-state index in [9.17, 15) is 4.79 Å². The molecule has 0 radical (unpaired) electrons. The van der Waals surface area contributed by atoms with Crippen LogP contribution in [-0.4, -0.2) is 24.2 Å². The molecule has 2 N–H and O–H groups in total. The van der Waals surface area contributed by atoms with Crippen molar-refractivity contribution in [3.05, 3.63) is 42.5 Å². The number of nitrogens with one attached hydrogen (secondary N) is 2. The topological polar surface area (TPSA) is 41.1 Å². The highest BCUT2D eigenvalue weighted by Gasteiger charge is 2.19. The van der Waals surface area contributed by atoms with Gasteiger partial charge in [-0.15, -0.1) is 18.3 Å². The molecule has 0 saturated heterocycles. The lowest BCUT2D eigenvalue weighted by Crippen LogP contribution is -2.24. The average molecular weight is 276 g/mol. The standard InChI is InChI=1S/C15H20N2OS/c1-2-9-16-15(18)11-19-14-7-3-12(4-8-14)10-17-13-5-6-13/h2-4,7-8,13,17H,1,5-6,9-11H2,(H,16,18). The molecule has 2 rings (SSSR count). The number of amides is 1. The molecular formula is C15H20N2OS. The first-order chi connectivity index (χ1) is 9.28. The molecule has 1 amide bonds. The van der Waals surface area contributed by atoms with Gasteiger partial charge < -0.3 is 10.6 Å². The molecule has 102 valence electrons. The predicted octanol–water partition coefficient (Wildman–Crippen LogP) is 2.33. The van der Waals surface area contributed by atoms with Crippen LogP contribution in [0.2, 0.25) is 0 Å². The second kappa shape index (κ2) is 7.36. The van der Waals surface area contributed by atoms with Crippen molar-refractivity contribution in [3.63, 3.8) is 0 Å². The Kier molecular flexibility index (Phi) is 5.48. The van der Waals surface area contributed by atoms with E-state index >= 15 is 0 Å². The number of hydrogen-bond acceptors (Lipinski definition) is 3. The first kappa shape index (κ1) is 14.2. The van der Waals surface area contributed by atoms with E-state index < -0.39 is 0 Å². The molecule has 19 heavy (non-hydrogen) atoms. The first-order valence-electron chi connectivity index (χ1n) is 6.60. The third-order valence-electron chi connectivity index (χ3n) is 2.91. The van der Waals surface area contributed by atoms with Crippen molar-refractivity contribution in [2.24, 2.45) is 0 Å². The van der Waals surface area contributed by atoms with Gasteiger partial charge >= 0.3 is 0 Å². The van der Waals surface area contributed by atoms with Gasteiger partial charge in [0.25, 0.3) is 0 Å². The van der Waals surface area contributed by atoms with E-state index in [1.54, 1.807) is 17.8 Å². The molecule has 4 heteroatoms. The van der Waals surface area contributed by atoms with Crippen LogP contribution in [0.4, 0.5) is 0 Å². The van der Waals surface area contributed by atoms with Gasteiger partial charge in [0.1, 0.15) is 0 Å². The van der Waals surface area contributed by atoms with Crippen molar-refractivity contribution >= 4 is 17.7 Å². The summed E-state index contributed by atoms with van der Waals surface area (Å²) >= 11 is 1.56. The molecule has 0 aromatic heterocycles. The fourth-order valence-electron chi connectivity index (χ4n) is 1.64. The smallest absolute Gasteiger partial charge is 0.230 e. The van der Waals surface area contributed by atoms with Crippen LogP contribution in [0.5, 0.6) is 0 Å². The molecule has 1 fully saturated rings. The van der Waals surface area contributed by atoms with Crippen molar-refractivity contribution < 1.29 is 4.79 Å². The van der Waals surface area contributed by atoms with Gasteiger partial charge in [0.05, 0.1) is 5.75 Å². The summed E-state index contributed by atoms with van der Waals surface area (Å²) in [4.78, 5) is 12.6. The van der Waals surface area contributed by atoms with Gasteiger partial charge in [-0.3, -0.25) is 4.79 Å². The molecule has 0 bridgehead atoms. The average Bonchev–Trinajstić information content (AvgIpc) is 3.26. The van der Waals surface area contributed by atoms with E-state index in [4.69, 9.17) is 0 Å². The van der Waals surface area contributed by atoms with Crippen LogP contribution in [0.15, 0.2) is 41.8 Å².